The summed E-state index contributed by atoms with van der Waals surface area (Å²) in [6, 6.07) is 17.4. The van der Waals surface area contributed by atoms with Crippen molar-refractivity contribution < 1.29 is 18.7 Å². The average Bonchev–Trinajstić information content (AvgIpc) is 2.65. The summed E-state index contributed by atoms with van der Waals surface area (Å²) in [6.07, 6.45) is 0. The van der Waals surface area contributed by atoms with Gasteiger partial charge in [-0.3, -0.25) is 4.79 Å². The quantitative estimate of drug-likeness (QED) is 0.745. The molecule has 3 aromatic carbocycles. The molecule has 1 N–H and O–H groups in total. The number of fused-ring (bicyclic) bond motifs is 1. The van der Waals surface area contributed by atoms with Crippen molar-refractivity contribution in [2.75, 3.05) is 13.7 Å². The standard InChI is InChI=1S/C20H18FNO3/c1-24-18-8-4-15-5-9-19(11-16(15)10-18)25-13-20(23)22-12-14-2-6-17(21)7-3-14/h2-11H,12-13H2,1H3,(H,22,23). The summed E-state index contributed by atoms with van der Waals surface area (Å²) in [5.41, 5.74) is 0.826. The van der Waals surface area contributed by atoms with Crippen LogP contribution in [0.15, 0.2) is 60.7 Å². The van der Waals surface area contributed by atoms with Gasteiger partial charge in [0.1, 0.15) is 17.3 Å². The van der Waals surface area contributed by atoms with Gasteiger partial charge in [0.05, 0.1) is 7.11 Å². The van der Waals surface area contributed by atoms with Gasteiger partial charge in [-0.05, 0) is 52.7 Å². The van der Waals surface area contributed by atoms with Gasteiger partial charge in [-0.2, -0.15) is 0 Å². The van der Waals surface area contributed by atoms with Gasteiger partial charge in [-0.15, -0.1) is 0 Å². The predicted molar refractivity (Wildman–Crippen MR) is 94.2 cm³/mol. The minimum atomic E-state index is -0.300. The van der Waals surface area contributed by atoms with E-state index < -0.39 is 0 Å². The third-order valence-corrected chi connectivity index (χ3v) is 3.79. The van der Waals surface area contributed by atoms with E-state index in [1.165, 1.54) is 12.1 Å². The molecule has 3 rings (SSSR count). The van der Waals surface area contributed by atoms with E-state index in [4.69, 9.17) is 9.47 Å². The highest BCUT2D eigenvalue weighted by molar-refractivity contribution is 5.85. The third kappa shape index (κ3) is 4.47. The lowest BCUT2D eigenvalue weighted by atomic mass is 10.1. The summed E-state index contributed by atoms with van der Waals surface area (Å²) in [6.45, 7) is 0.244. The Kier molecular flexibility index (Phi) is 5.14. The average molecular weight is 339 g/mol. The fourth-order valence-electron chi connectivity index (χ4n) is 2.42. The topological polar surface area (TPSA) is 47.6 Å². The minimum Gasteiger partial charge on any atom is -0.497 e. The van der Waals surface area contributed by atoms with E-state index >= 15 is 0 Å². The fraction of sp³-hybridized carbons (Fsp3) is 0.150. The molecule has 5 heteroatoms. The number of methoxy groups -OCH3 is 1. The number of rotatable bonds is 6. The van der Waals surface area contributed by atoms with Gasteiger partial charge in [-0.1, -0.05) is 24.3 Å². The lowest BCUT2D eigenvalue weighted by molar-refractivity contribution is -0.123. The Hall–Kier alpha value is -3.08. The molecule has 0 aliphatic carbocycles. The monoisotopic (exact) mass is 339 g/mol. The largest absolute Gasteiger partial charge is 0.497 e. The summed E-state index contributed by atoms with van der Waals surface area (Å²) < 4.78 is 23.6. The molecule has 0 spiro atoms. The van der Waals surface area contributed by atoms with Gasteiger partial charge in [0.25, 0.3) is 5.91 Å². The number of hydrogen-bond donors (Lipinski definition) is 1. The highest BCUT2D eigenvalue weighted by Crippen LogP contribution is 2.24. The van der Waals surface area contributed by atoms with Gasteiger partial charge in [0, 0.05) is 6.54 Å². The van der Waals surface area contributed by atoms with E-state index in [-0.39, 0.29) is 18.3 Å². The molecule has 0 radical (unpaired) electrons. The second-order valence-corrected chi connectivity index (χ2v) is 5.57. The molecule has 0 saturated carbocycles. The van der Waals surface area contributed by atoms with Crippen molar-refractivity contribution in [3.63, 3.8) is 0 Å². The first-order chi connectivity index (χ1) is 12.1. The maximum atomic E-state index is 12.8. The maximum absolute atomic E-state index is 12.8. The molecule has 0 aliphatic heterocycles. The van der Waals surface area contributed by atoms with Gasteiger partial charge in [-0.25, -0.2) is 4.39 Å². The van der Waals surface area contributed by atoms with Crippen molar-refractivity contribution in [2.45, 2.75) is 6.54 Å². The zero-order valence-electron chi connectivity index (χ0n) is 13.8. The molecule has 4 nitrogen and oxygen atoms in total. The summed E-state index contributed by atoms with van der Waals surface area (Å²) in [5, 5.41) is 4.78. The number of hydrogen-bond acceptors (Lipinski definition) is 3. The molecule has 0 unspecified atom stereocenters. The second-order valence-electron chi connectivity index (χ2n) is 5.57. The van der Waals surface area contributed by atoms with Gasteiger partial charge >= 0.3 is 0 Å². The number of carbonyl (C=O) groups is 1. The van der Waals surface area contributed by atoms with Gasteiger partial charge in [0.15, 0.2) is 6.61 Å². The van der Waals surface area contributed by atoms with Crippen LogP contribution in [0.1, 0.15) is 5.56 Å². The molecule has 0 saturated heterocycles. The number of ether oxygens (including phenoxy) is 2. The molecule has 3 aromatic rings. The lowest BCUT2D eigenvalue weighted by Gasteiger charge is -2.09. The zero-order chi connectivity index (χ0) is 17.6. The van der Waals surface area contributed by atoms with E-state index in [2.05, 4.69) is 5.32 Å². The van der Waals surface area contributed by atoms with E-state index in [1.807, 2.05) is 36.4 Å². The maximum Gasteiger partial charge on any atom is 0.258 e. The Labute approximate surface area is 145 Å². The summed E-state index contributed by atoms with van der Waals surface area (Å²) in [5.74, 6) is 0.834. The van der Waals surface area contributed by atoms with Crippen LogP contribution >= 0.6 is 0 Å². The van der Waals surface area contributed by atoms with Crippen molar-refractivity contribution in [1.82, 2.24) is 5.32 Å². The number of carbonyl (C=O) groups excluding carboxylic acids is 1. The Morgan fingerprint density at radius 3 is 2.36 bits per heavy atom. The van der Waals surface area contributed by atoms with Crippen LogP contribution in [0.4, 0.5) is 4.39 Å². The molecule has 0 fully saturated rings. The molecular weight excluding hydrogens is 321 g/mol. The fourth-order valence-corrected chi connectivity index (χ4v) is 2.42. The third-order valence-electron chi connectivity index (χ3n) is 3.79. The van der Waals surface area contributed by atoms with E-state index in [0.29, 0.717) is 12.3 Å². The summed E-state index contributed by atoms with van der Waals surface area (Å²) in [7, 11) is 1.62. The SMILES string of the molecule is COc1ccc2ccc(OCC(=O)NCc3ccc(F)cc3)cc2c1. The molecule has 0 aromatic heterocycles. The molecule has 1 amide bonds. The van der Waals surface area contributed by atoms with Crippen LogP contribution in [0.3, 0.4) is 0 Å². The Balaban J connectivity index is 1.56. The molecule has 128 valence electrons. The normalized spacial score (nSPS) is 10.5. The minimum absolute atomic E-state index is 0.0866. The van der Waals surface area contributed by atoms with Crippen LogP contribution in [0.2, 0.25) is 0 Å². The van der Waals surface area contributed by atoms with Crippen molar-refractivity contribution in [1.29, 1.82) is 0 Å². The predicted octanol–water partition coefficient (Wildman–Crippen LogP) is 3.68. The Morgan fingerprint density at radius 2 is 1.64 bits per heavy atom. The smallest absolute Gasteiger partial charge is 0.258 e. The summed E-state index contributed by atoms with van der Waals surface area (Å²) >= 11 is 0. The second kappa shape index (κ2) is 7.66. The molecule has 0 bridgehead atoms. The van der Waals surface area contributed by atoms with Crippen molar-refractivity contribution in [3.05, 3.63) is 72.0 Å². The highest BCUT2D eigenvalue weighted by Gasteiger charge is 2.05. The van der Waals surface area contributed by atoms with Crippen LogP contribution < -0.4 is 14.8 Å². The van der Waals surface area contributed by atoms with Crippen molar-refractivity contribution >= 4 is 16.7 Å². The molecule has 0 atom stereocenters. The van der Waals surface area contributed by atoms with Gasteiger partial charge in [0.2, 0.25) is 0 Å². The van der Waals surface area contributed by atoms with Gasteiger partial charge < -0.3 is 14.8 Å². The van der Waals surface area contributed by atoms with Crippen LogP contribution in [-0.2, 0) is 11.3 Å². The summed E-state index contributed by atoms with van der Waals surface area (Å²) in [4.78, 5) is 11.9. The van der Waals surface area contributed by atoms with E-state index in [9.17, 15) is 9.18 Å². The Morgan fingerprint density at radius 1 is 0.960 bits per heavy atom. The first-order valence-corrected chi connectivity index (χ1v) is 7.86. The van der Waals surface area contributed by atoms with E-state index in [1.54, 1.807) is 19.2 Å². The number of benzene rings is 3. The molecule has 0 aliphatic rings. The molecule has 0 heterocycles. The van der Waals surface area contributed by atoms with Crippen LogP contribution in [0, 0.1) is 5.82 Å². The first kappa shape index (κ1) is 16.8. The van der Waals surface area contributed by atoms with Crippen molar-refractivity contribution in [2.24, 2.45) is 0 Å². The Bertz CT molecular complexity index is 878. The number of nitrogens with one attached hydrogen (secondary N) is 1. The number of amides is 1. The van der Waals surface area contributed by atoms with Crippen molar-refractivity contribution in [3.8, 4) is 11.5 Å². The number of halogens is 1. The first-order valence-electron chi connectivity index (χ1n) is 7.86. The molecular formula is C20H18FNO3. The molecule has 25 heavy (non-hydrogen) atoms. The highest BCUT2D eigenvalue weighted by atomic mass is 19.1. The van der Waals surface area contributed by atoms with Crippen LogP contribution in [0.25, 0.3) is 10.8 Å². The lowest BCUT2D eigenvalue weighted by Crippen LogP contribution is -2.28. The zero-order valence-corrected chi connectivity index (χ0v) is 13.8. The van der Waals surface area contributed by atoms with Crippen LogP contribution in [-0.4, -0.2) is 19.6 Å². The van der Waals surface area contributed by atoms with E-state index in [0.717, 1.165) is 22.1 Å². The van der Waals surface area contributed by atoms with Crippen LogP contribution in [0.5, 0.6) is 11.5 Å².